The van der Waals surface area contributed by atoms with E-state index < -0.39 is 5.41 Å². The lowest BCUT2D eigenvalue weighted by Gasteiger charge is -2.37. The Morgan fingerprint density at radius 3 is 2.70 bits per heavy atom. The van der Waals surface area contributed by atoms with E-state index >= 15 is 0 Å². The maximum absolute atomic E-state index is 13.7. The van der Waals surface area contributed by atoms with Gasteiger partial charge < -0.3 is 5.73 Å². The zero-order chi connectivity index (χ0) is 14.8. The van der Waals surface area contributed by atoms with Crippen molar-refractivity contribution in [3.05, 3.63) is 34.6 Å². The van der Waals surface area contributed by atoms with Crippen molar-refractivity contribution in [2.45, 2.75) is 39.0 Å². The van der Waals surface area contributed by atoms with Crippen LogP contribution in [0.2, 0.25) is 5.02 Å². The van der Waals surface area contributed by atoms with Crippen LogP contribution in [0.25, 0.3) is 0 Å². The number of Topliss-reactive ketones (excluding diaryl/α,β-unsaturated/α-hetero) is 1. The molecular formula is C16H21ClFNO. The quantitative estimate of drug-likeness (QED) is 0.920. The smallest absolute Gasteiger partial charge is 0.144 e. The number of carbonyl (C=O) groups excluding carboxylic acids is 1. The third kappa shape index (κ3) is 3.21. The Kier molecular flexibility index (Phi) is 4.82. The molecule has 4 heteroatoms. The van der Waals surface area contributed by atoms with E-state index in [1.807, 2.05) is 0 Å². The zero-order valence-corrected chi connectivity index (χ0v) is 12.5. The van der Waals surface area contributed by atoms with Gasteiger partial charge in [0, 0.05) is 23.4 Å². The number of halogens is 2. The van der Waals surface area contributed by atoms with Gasteiger partial charge in [0.1, 0.15) is 11.6 Å². The summed E-state index contributed by atoms with van der Waals surface area (Å²) in [5.74, 6) is 0.317. The van der Waals surface area contributed by atoms with Gasteiger partial charge in [-0.05, 0) is 55.4 Å². The lowest BCUT2D eigenvalue weighted by atomic mass is 9.67. The van der Waals surface area contributed by atoms with Crippen LogP contribution >= 0.6 is 11.6 Å². The largest absolute Gasteiger partial charge is 0.329 e. The first-order chi connectivity index (χ1) is 9.47. The third-order valence-corrected chi connectivity index (χ3v) is 4.81. The van der Waals surface area contributed by atoms with Gasteiger partial charge in [-0.3, -0.25) is 4.79 Å². The molecule has 0 atom stereocenters. The second-order valence-electron chi connectivity index (χ2n) is 6.00. The van der Waals surface area contributed by atoms with E-state index in [-0.39, 0.29) is 18.0 Å². The minimum atomic E-state index is -0.471. The normalized spacial score (nSPS) is 26.5. The standard InChI is InChI=1S/C16H21ClFNO/c1-11-4-6-16(10-19,7-5-11)15(20)9-12-8-13(17)2-3-14(12)18/h2-3,8,11H,4-7,9-10,19H2,1H3. The molecule has 1 aromatic carbocycles. The summed E-state index contributed by atoms with van der Waals surface area (Å²) in [6.07, 6.45) is 3.73. The topological polar surface area (TPSA) is 43.1 Å². The molecule has 2 rings (SSSR count). The molecule has 2 N–H and O–H groups in total. The first-order valence-electron chi connectivity index (χ1n) is 7.14. The monoisotopic (exact) mass is 297 g/mol. The molecule has 0 aliphatic heterocycles. The predicted octanol–water partition coefficient (Wildman–Crippen LogP) is 3.75. The molecule has 1 aliphatic carbocycles. The van der Waals surface area contributed by atoms with Crippen LogP contribution < -0.4 is 5.73 Å². The summed E-state index contributed by atoms with van der Waals surface area (Å²) in [7, 11) is 0. The molecule has 0 unspecified atom stereocenters. The molecule has 1 aliphatic rings. The summed E-state index contributed by atoms with van der Waals surface area (Å²) >= 11 is 5.87. The maximum Gasteiger partial charge on any atom is 0.144 e. The average Bonchev–Trinajstić information content (AvgIpc) is 2.44. The van der Waals surface area contributed by atoms with E-state index in [1.54, 1.807) is 0 Å². The van der Waals surface area contributed by atoms with Crippen LogP contribution in [0.4, 0.5) is 4.39 Å². The minimum Gasteiger partial charge on any atom is -0.329 e. The van der Waals surface area contributed by atoms with E-state index in [0.29, 0.717) is 23.0 Å². The van der Waals surface area contributed by atoms with Crippen LogP contribution in [-0.4, -0.2) is 12.3 Å². The molecule has 0 spiro atoms. The van der Waals surface area contributed by atoms with Crippen LogP contribution in [0.15, 0.2) is 18.2 Å². The Morgan fingerprint density at radius 1 is 1.45 bits per heavy atom. The van der Waals surface area contributed by atoms with Crippen LogP contribution in [-0.2, 0) is 11.2 Å². The first-order valence-corrected chi connectivity index (χ1v) is 7.52. The average molecular weight is 298 g/mol. The van der Waals surface area contributed by atoms with Crippen molar-refractivity contribution < 1.29 is 9.18 Å². The van der Waals surface area contributed by atoms with Crippen molar-refractivity contribution in [2.24, 2.45) is 17.1 Å². The minimum absolute atomic E-state index is 0.0491. The molecule has 1 fully saturated rings. The summed E-state index contributed by atoms with van der Waals surface area (Å²) < 4.78 is 13.7. The zero-order valence-electron chi connectivity index (χ0n) is 11.8. The fraction of sp³-hybridized carbons (Fsp3) is 0.562. The predicted molar refractivity (Wildman–Crippen MR) is 79.2 cm³/mol. The molecule has 0 amide bonds. The number of hydrogen-bond donors (Lipinski definition) is 1. The number of rotatable bonds is 4. The SMILES string of the molecule is CC1CCC(CN)(C(=O)Cc2cc(Cl)ccc2F)CC1. The molecule has 0 saturated heterocycles. The summed E-state index contributed by atoms with van der Waals surface area (Å²) in [6, 6.07) is 4.33. The van der Waals surface area contributed by atoms with Crippen molar-refractivity contribution in [1.29, 1.82) is 0 Å². The molecule has 1 saturated carbocycles. The van der Waals surface area contributed by atoms with Gasteiger partial charge in [-0.15, -0.1) is 0 Å². The molecule has 110 valence electrons. The van der Waals surface area contributed by atoms with E-state index in [0.717, 1.165) is 25.7 Å². The Morgan fingerprint density at radius 2 is 2.10 bits per heavy atom. The van der Waals surface area contributed by atoms with E-state index in [9.17, 15) is 9.18 Å². The van der Waals surface area contributed by atoms with Gasteiger partial charge in [0.15, 0.2) is 0 Å². The molecule has 0 bridgehead atoms. The molecule has 0 heterocycles. The van der Waals surface area contributed by atoms with Gasteiger partial charge in [-0.2, -0.15) is 0 Å². The highest BCUT2D eigenvalue weighted by atomic mass is 35.5. The van der Waals surface area contributed by atoms with Crippen molar-refractivity contribution in [2.75, 3.05) is 6.54 Å². The number of carbonyl (C=O) groups is 1. The number of benzene rings is 1. The highest BCUT2D eigenvalue weighted by molar-refractivity contribution is 6.30. The van der Waals surface area contributed by atoms with Gasteiger partial charge in [-0.25, -0.2) is 4.39 Å². The molecule has 2 nitrogen and oxygen atoms in total. The van der Waals surface area contributed by atoms with Gasteiger partial charge in [0.2, 0.25) is 0 Å². The van der Waals surface area contributed by atoms with E-state index in [2.05, 4.69) is 6.92 Å². The van der Waals surface area contributed by atoms with Crippen molar-refractivity contribution in [3.8, 4) is 0 Å². The highest BCUT2D eigenvalue weighted by Crippen LogP contribution is 2.39. The van der Waals surface area contributed by atoms with E-state index in [4.69, 9.17) is 17.3 Å². The van der Waals surface area contributed by atoms with Gasteiger partial charge >= 0.3 is 0 Å². The molecule has 1 aromatic rings. The number of hydrogen-bond acceptors (Lipinski definition) is 2. The first kappa shape index (κ1) is 15.5. The van der Waals surface area contributed by atoms with Crippen molar-refractivity contribution >= 4 is 17.4 Å². The fourth-order valence-corrected chi connectivity index (χ4v) is 3.15. The summed E-state index contributed by atoms with van der Waals surface area (Å²) in [5.41, 5.74) is 5.76. The van der Waals surface area contributed by atoms with Gasteiger partial charge in [0.25, 0.3) is 0 Å². The highest BCUT2D eigenvalue weighted by Gasteiger charge is 2.39. The lowest BCUT2D eigenvalue weighted by molar-refractivity contribution is -0.129. The number of ketones is 1. The van der Waals surface area contributed by atoms with Crippen LogP contribution in [0, 0.1) is 17.2 Å². The Hall–Kier alpha value is -0.930. The Balaban J connectivity index is 2.15. The molecular weight excluding hydrogens is 277 g/mol. The maximum atomic E-state index is 13.7. The van der Waals surface area contributed by atoms with Crippen LogP contribution in [0.5, 0.6) is 0 Å². The molecule has 0 radical (unpaired) electrons. The van der Waals surface area contributed by atoms with Crippen molar-refractivity contribution in [3.63, 3.8) is 0 Å². The Bertz CT molecular complexity index is 495. The second-order valence-corrected chi connectivity index (χ2v) is 6.44. The van der Waals surface area contributed by atoms with Gasteiger partial charge in [-0.1, -0.05) is 18.5 Å². The summed E-state index contributed by atoms with van der Waals surface area (Å²) in [4.78, 5) is 12.6. The van der Waals surface area contributed by atoms with Crippen LogP contribution in [0.3, 0.4) is 0 Å². The number of nitrogens with two attached hydrogens (primary N) is 1. The van der Waals surface area contributed by atoms with E-state index in [1.165, 1.54) is 18.2 Å². The molecule has 0 aromatic heterocycles. The van der Waals surface area contributed by atoms with Gasteiger partial charge in [0.05, 0.1) is 0 Å². The van der Waals surface area contributed by atoms with Crippen molar-refractivity contribution in [1.82, 2.24) is 0 Å². The lowest BCUT2D eigenvalue weighted by Crippen LogP contribution is -2.42. The third-order valence-electron chi connectivity index (χ3n) is 4.57. The molecule has 20 heavy (non-hydrogen) atoms. The summed E-state index contributed by atoms with van der Waals surface area (Å²) in [5, 5.41) is 0.452. The summed E-state index contributed by atoms with van der Waals surface area (Å²) in [6.45, 7) is 2.54. The fourth-order valence-electron chi connectivity index (χ4n) is 2.95. The Labute approximate surface area is 124 Å². The second kappa shape index (κ2) is 6.23. The van der Waals surface area contributed by atoms with Crippen LogP contribution in [0.1, 0.15) is 38.2 Å².